The summed E-state index contributed by atoms with van der Waals surface area (Å²) in [6.45, 7) is 8.81. The maximum absolute atomic E-state index is 11.7. The van der Waals surface area contributed by atoms with E-state index in [-0.39, 0.29) is 18.1 Å². The fraction of sp³-hybridized carbons (Fsp3) is 0.421. The highest BCUT2D eigenvalue weighted by atomic mass is 16.5. The van der Waals surface area contributed by atoms with Gasteiger partial charge >= 0.3 is 5.97 Å². The Bertz CT molecular complexity index is 481. The molecule has 0 fully saturated rings. The van der Waals surface area contributed by atoms with Crippen LogP contribution < -0.4 is 0 Å². The van der Waals surface area contributed by atoms with Gasteiger partial charge in [-0.3, -0.25) is 9.69 Å². The highest BCUT2D eigenvalue weighted by Crippen LogP contribution is 2.25. The standard InChI is InChI=1S/C19H27NO2/c1-5-7-14-20(16(3)17-12-9-8-10-13-17)18(11-6-2)15-19(21)22-4/h5-6,8-13,16,18H,1,7,14-15H2,2-4H3/b11-6+/t16-,18-/m1/s1. The highest BCUT2D eigenvalue weighted by molar-refractivity contribution is 5.70. The quantitative estimate of drug-likeness (QED) is 0.507. The molecule has 0 N–H and O–H groups in total. The van der Waals surface area contributed by atoms with Gasteiger partial charge in [0.2, 0.25) is 0 Å². The molecule has 120 valence electrons. The molecule has 0 saturated carbocycles. The molecule has 1 aromatic carbocycles. The van der Waals surface area contributed by atoms with Crippen LogP contribution in [-0.4, -0.2) is 30.6 Å². The predicted molar refractivity (Wildman–Crippen MR) is 91.6 cm³/mol. The van der Waals surface area contributed by atoms with Crippen molar-refractivity contribution in [3.63, 3.8) is 0 Å². The summed E-state index contributed by atoms with van der Waals surface area (Å²) in [5.74, 6) is -0.188. The Morgan fingerprint density at radius 3 is 2.59 bits per heavy atom. The second-order valence-corrected chi connectivity index (χ2v) is 5.28. The second-order valence-electron chi connectivity index (χ2n) is 5.28. The molecule has 0 aromatic heterocycles. The first-order chi connectivity index (χ1) is 10.6. The molecular weight excluding hydrogens is 274 g/mol. The molecule has 3 heteroatoms. The number of carbonyl (C=O) groups is 1. The Labute approximate surface area is 134 Å². The minimum absolute atomic E-state index is 0.0209. The molecule has 22 heavy (non-hydrogen) atoms. The third-order valence-corrected chi connectivity index (χ3v) is 3.81. The van der Waals surface area contributed by atoms with Crippen molar-refractivity contribution in [1.29, 1.82) is 0 Å². The monoisotopic (exact) mass is 301 g/mol. The molecule has 1 rings (SSSR count). The molecule has 0 spiro atoms. The van der Waals surface area contributed by atoms with Crippen LogP contribution in [-0.2, 0) is 9.53 Å². The topological polar surface area (TPSA) is 29.5 Å². The predicted octanol–water partition coefficient (Wildman–Crippen LogP) is 4.13. The SMILES string of the molecule is C=CCCN([C@H](/C=C/C)CC(=O)OC)[C@H](C)c1ccccc1. The van der Waals surface area contributed by atoms with Gasteiger partial charge in [-0.2, -0.15) is 0 Å². The van der Waals surface area contributed by atoms with Crippen LogP contribution >= 0.6 is 0 Å². The zero-order valence-electron chi connectivity index (χ0n) is 13.9. The van der Waals surface area contributed by atoms with Crippen LogP contribution in [0.25, 0.3) is 0 Å². The smallest absolute Gasteiger partial charge is 0.307 e. The lowest BCUT2D eigenvalue weighted by atomic mass is 10.0. The molecule has 2 atom stereocenters. The van der Waals surface area contributed by atoms with E-state index in [1.165, 1.54) is 12.7 Å². The lowest BCUT2D eigenvalue weighted by molar-refractivity contribution is -0.141. The first-order valence-corrected chi connectivity index (χ1v) is 7.75. The number of benzene rings is 1. The van der Waals surface area contributed by atoms with Crippen LogP contribution in [0.4, 0.5) is 0 Å². The summed E-state index contributed by atoms with van der Waals surface area (Å²) in [5, 5.41) is 0. The van der Waals surface area contributed by atoms with Crippen molar-refractivity contribution in [2.45, 2.75) is 38.8 Å². The Hall–Kier alpha value is -1.87. The number of esters is 1. The minimum atomic E-state index is -0.188. The molecule has 0 radical (unpaired) electrons. The number of ether oxygens (including phenoxy) is 1. The highest BCUT2D eigenvalue weighted by Gasteiger charge is 2.24. The third kappa shape index (κ3) is 5.49. The molecule has 0 aliphatic heterocycles. The number of hydrogen-bond donors (Lipinski definition) is 0. The van der Waals surface area contributed by atoms with Crippen LogP contribution in [0.3, 0.4) is 0 Å². The molecule has 1 aromatic rings. The summed E-state index contributed by atoms with van der Waals surface area (Å²) in [6.07, 6.45) is 7.21. The zero-order valence-corrected chi connectivity index (χ0v) is 13.9. The number of hydrogen-bond acceptors (Lipinski definition) is 3. The van der Waals surface area contributed by atoms with Crippen molar-refractivity contribution in [2.75, 3.05) is 13.7 Å². The molecule has 0 aliphatic carbocycles. The molecule has 0 amide bonds. The van der Waals surface area contributed by atoms with E-state index >= 15 is 0 Å². The molecule has 0 saturated heterocycles. The molecule has 0 unspecified atom stereocenters. The summed E-state index contributed by atoms with van der Waals surface area (Å²) < 4.78 is 4.85. The first-order valence-electron chi connectivity index (χ1n) is 7.75. The van der Waals surface area contributed by atoms with Crippen LogP contribution in [0, 0.1) is 0 Å². The summed E-state index contributed by atoms with van der Waals surface area (Å²) >= 11 is 0. The van der Waals surface area contributed by atoms with E-state index in [0.717, 1.165) is 13.0 Å². The Kier molecular flexibility index (Phi) is 8.23. The van der Waals surface area contributed by atoms with Gasteiger partial charge in [0.1, 0.15) is 0 Å². The van der Waals surface area contributed by atoms with Gasteiger partial charge in [0.15, 0.2) is 0 Å². The van der Waals surface area contributed by atoms with Gasteiger partial charge in [0.05, 0.1) is 13.5 Å². The first kappa shape index (κ1) is 18.2. The Balaban J connectivity index is 3.01. The molecule has 3 nitrogen and oxygen atoms in total. The molecular formula is C19H27NO2. The van der Waals surface area contributed by atoms with Crippen LogP contribution in [0.15, 0.2) is 55.1 Å². The van der Waals surface area contributed by atoms with Gasteiger partial charge < -0.3 is 4.74 Å². The van der Waals surface area contributed by atoms with Gasteiger partial charge in [-0.05, 0) is 25.8 Å². The molecule has 0 aliphatic rings. The van der Waals surface area contributed by atoms with E-state index in [4.69, 9.17) is 4.74 Å². The van der Waals surface area contributed by atoms with Crippen LogP contribution in [0.1, 0.15) is 38.3 Å². The summed E-state index contributed by atoms with van der Waals surface area (Å²) in [5.41, 5.74) is 1.24. The zero-order chi connectivity index (χ0) is 16.4. The van der Waals surface area contributed by atoms with Crippen molar-refractivity contribution >= 4 is 5.97 Å². The van der Waals surface area contributed by atoms with Gasteiger partial charge in [0.25, 0.3) is 0 Å². The van der Waals surface area contributed by atoms with E-state index in [1.54, 1.807) is 0 Å². The van der Waals surface area contributed by atoms with Crippen molar-refractivity contribution in [3.8, 4) is 0 Å². The third-order valence-electron chi connectivity index (χ3n) is 3.81. The van der Waals surface area contributed by atoms with E-state index in [2.05, 4.69) is 36.6 Å². The average molecular weight is 301 g/mol. The Morgan fingerprint density at radius 2 is 2.05 bits per heavy atom. The fourth-order valence-electron chi connectivity index (χ4n) is 2.58. The largest absolute Gasteiger partial charge is 0.469 e. The van der Waals surface area contributed by atoms with Gasteiger partial charge in [-0.25, -0.2) is 0 Å². The lowest BCUT2D eigenvalue weighted by Gasteiger charge is -2.34. The fourth-order valence-corrected chi connectivity index (χ4v) is 2.58. The number of nitrogens with zero attached hydrogens (tertiary/aromatic N) is 1. The normalized spacial score (nSPS) is 14.0. The van der Waals surface area contributed by atoms with Crippen molar-refractivity contribution in [2.24, 2.45) is 0 Å². The van der Waals surface area contributed by atoms with Gasteiger partial charge in [-0.1, -0.05) is 48.6 Å². The maximum atomic E-state index is 11.7. The van der Waals surface area contributed by atoms with Crippen molar-refractivity contribution in [3.05, 3.63) is 60.7 Å². The van der Waals surface area contributed by atoms with E-state index in [9.17, 15) is 4.79 Å². The number of rotatable bonds is 9. The minimum Gasteiger partial charge on any atom is -0.469 e. The van der Waals surface area contributed by atoms with Crippen molar-refractivity contribution in [1.82, 2.24) is 4.90 Å². The van der Waals surface area contributed by atoms with Crippen molar-refractivity contribution < 1.29 is 9.53 Å². The van der Waals surface area contributed by atoms with Crippen LogP contribution in [0.2, 0.25) is 0 Å². The number of allylic oxidation sites excluding steroid dienone is 1. The lowest BCUT2D eigenvalue weighted by Crippen LogP contribution is -2.38. The molecule has 0 bridgehead atoms. The van der Waals surface area contributed by atoms with E-state index < -0.39 is 0 Å². The average Bonchev–Trinajstić information content (AvgIpc) is 2.55. The van der Waals surface area contributed by atoms with E-state index in [1.807, 2.05) is 37.3 Å². The molecule has 0 heterocycles. The Morgan fingerprint density at radius 1 is 1.36 bits per heavy atom. The summed E-state index contributed by atoms with van der Waals surface area (Å²) in [7, 11) is 1.43. The number of carbonyl (C=O) groups excluding carboxylic acids is 1. The van der Waals surface area contributed by atoms with Gasteiger partial charge in [0, 0.05) is 18.6 Å². The van der Waals surface area contributed by atoms with E-state index in [0.29, 0.717) is 6.42 Å². The summed E-state index contributed by atoms with van der Waals surface area (Å²) in [4.78, 5) is 14.1. The summed E-state index contributed by atoms with van der Waals surface area (Å²) in [6, 6.07) is 10.6. The van der Waals surface area contributed by atoms with Gasteiger partial charge in [-0.15, -0.1) is 6.58 Å². The maximum Gasteiger partial charge on any atom is 0.307 e. The second kappa shape index (κ2) is 9.96. The van der Waals surface area contributed by atoms with Crippen LogP contribution in [0.5, 0.6) is 0 Å². The number of methoxy groups -OCH3 is 1.